The lowest BCUT2D eigenvalue weighted by molar-refractivity contribution is 0.103. The Morgan fingerprint density at radius 2 is 1.12 bits per heavy atom. The average Bonchev–Trinajstić information content (AvgIpc) is 3.83. The van der Waals surface area contributed by atoms with Crippen molar-refractivity contribution in [2.24, 2.45) is 0 Å². The highest BCUT2D eigenvalue weighted by Gasteiger charge is 2.07. The second-order valence-corrected chi connectivity index (χ2v) is 13.3. The lowest BCUT2D eigenvalue weighted by atomic mass is 10.1. The molecule has 2 heterocycles. The van der Waals surface area contributed by atoms with E-state index in [0.717, 1.165) is 48.6 Å². The molecule has 5 N–H and O–H groups in total. The quantitative estimate of drug-likeness (QED) is 0.0581. The topological polar surface area (TPSA) is 122 Å². The van der Waals surface area contributed by atoms with Crippen LogP contribution in [0.2, 0.25) is 0 Å². The maximum Gasteiger partial charge on any atom is 0.188 e. The van der Waals surface area contributed by atoms with Crippen molar-refractivity contribution in [3.63, 3.8) is 0 Å². The number of ketones is 2. The number of carbonyl (C=O) groups excluding carboxylic acids is 2. The normalized spacial score (nSPS) is 10.3. The van der Waals surface area contributed by atoms with E-state index < -0.39 is 0 Å². The Morgan fingerprint density at radius 3 is 1.60 bits per heavy atom. The van der Waals surface area contributed by atoms with Gasteiger partial charge in [-0.25, -0.2) is 0 Å². The summed E-state index contributed by atoms with van der Waals surface area (Å²) in [6, 6.07) is 30.1. The smallest absolute Gasteiger partial charge is 0.188 e. The number of ether oxygens (including phenoxy) is 2. The molecule has 6 rings (SSSR count). The van der Waals surface area contributed by atoms with Gasteiger partial charge in [0.05, 0.1) is 19.2 Å². The fraction of sp³-hybridized carbons (Fsp3) is 0.171. The second kappa shape index (κ2) is 22.1. The Hall–Kier alpha value is -4.97. The van der Waals surface area contributed by atoms with Crippen LogP contribution in [0.1, 0.15) is 35.6 Å². The number of H-pyrrole nitrogens is 2. The third kappa shape index (κ3) is 12.7. The summed E-state index contributed by atoms with van der Waals surface area (Å²) in [5.41, 5.74) is 10.9. The first-order chi connectivity index (χ1) is 24.3. The number of nitrogens with two attached hydrogens (primary N) is 1. The molecule has 274 valence electrons. The lowest BCUT2D eigenvalue weighted by Gasteiger charge is -2.09. The number of carbonyl (C=O) groups is 2. The summed E-state index contributed by atoms with van der Waals surface area (Å²) in [5.74, 6) is 1.48. The Kier molecular flexibility index (Phi) is 18.3. The minimum absolute atomic E-state index is 0. The number of rotatable bonds is 11. The zero-order valence-corrected chi connectivity index (χ0v) is 30.9. The number of anilines is 2. The molecular formula is C41H48N4O4S3. The predicted molar refractivity (Wildman–Crippen MR) is 229 cm³/mol. The number of allylic oxidation sites excluding steroid dienone is 2. The van der Waals surface area contributed by atoms with Gasteiger partial charge in [0.25, 0.3) is 0 Å². The minimum atomic E-state index is -0.0442. The number of aromatic nitrogens is 2. The molecule has 0 fully saturated rings. The summed E-state index contributed by atoms with van der Waals surface area (Å²) in [5, 5.41) is 6.39. The van der Waals surface area contributed by atoms with Crippen molar-refractivity contribution in [3.8, 4) is 11.5 Å². The minimum Gasteiger partial charge on any atom is -0.497 e. The van der Waals surface area contributed by atoms with E-state index in [9.17, 15) is 9.59 Å². The van der Waals surface area contributed by atoms with Gasteiger partial charge in [-0.2, -0.15) is 0 Å². The molecule has 0 unspecified atom stereocenters. The summed E-state index contributed by atoms with van der Waals surface area (Å²) in [6.07, 6.45) is 13.0. The summed E-state index contributed by atoms with van der Waals surface area (Å²) in [4.78, 5) is 30.5. The van der Waals surface area contributed by atoms with E-state index in [0.29, 0.717) is 11.1 Å². The molecule has 0 saturated heterocycles. The molecule has 0 atom stereocenters. The Balaban J connectivity index is 0.000000289. The van der Waals surface area contributed by atoms with Gasteiger partial charge in [0.2, 0.25) is 0 Å². The van der Waals surface area contributed by atoms with E-state index in [1.807, 2.05) is 79.7 Å². The van der Waals surface area contributed by atoms with Crippen molar-refractivity contribution in [2.45, 2.75) is 14.9 Å². The molecule has 8 nitrogen and oxygen atoms in total. The van der Waals surface area contributed by atoms with Crippen LogP contribution in [0, 0.1) is 0 Å². The monoisotopic (exact) mass is 756 g/mol. The van der Waals surface area contributed by atoms with Gasteiger partial charge in [-0.3, -0.25) is 9.59 Å². The fourth-order valence-corrected chi connectivity index (χ4v) is 6.16. The van der Waals surface area contributed by atoms with Crippen LogP contribution in [0.25, 0.3) is 21.8 Å². The largest absolute Gasteiger partial charge is 0.497 e. The second-order valence-electron chi connectivity index (χ2n) is 10.5. The van der Waals surface area contributed by atoms with Crippen molar-refractivity contribution in [3.05, 3.63) is 142 Å². The number of hydrogen-bond donors (Lipinski definition) is 4. The SMILES string of the molecule is C.C.COc1ccc(C(=O)/C=C(/Nc2ccc3[nH]ccc3c2)SC)cc1.COc1ccc(C(=O)C=C(SC)SC)cc1.Nc1ccc2[nH]ccc2c1. The molecule has 6 aromatic rings. The van der Waals surface area contributed by atoms with Crippen LogP contribution in [0.4, 0.5) is 11.4 Å². The van der Waals surface area contributed by atoms with Crippen LogP contribution in [0.15, 0.2) is 131 Å². The van der Waals surface area contributed by atoms with Gasteiger partial charge < -0.3 is 30.5 Å². The molecule has 0 bridgehead atoms. The average molecular weight is 757 g/mol. The van der Waals surface area contributed by atoms with Gasteiger partial charge in [0, 0.05) is 73.1 Å². The number of nitrogens with one attached hydrogen (secondary N) is 3. The van der Waals surface area contributed by atoms with Crippen molar-refractivity contribution >= 4 is 80.0 Å². The molecule has 0 aliphatic heterocycles. The van der Waals surface area contributed by atoms with Crippen molar-refractivity contribution in [1.82, 2.24) is 9.97 Å². The summed E-state index contributed by atoms with van der Waals surface area (Å²) < 4.78 is 11.2. The molecule has 4 aromatic carbocycles. The highest BCUT2D eigenvalue weighted by molar-refractivity contribution is 8.21. The van der Waals surface area contributed by atoms with Crippen LogP contribution >= 0.6 is 35.3 Å². The Labute approximate surface area is 320 Å². The Bertz CT molecular complexity index is 2060. The van der Waals surface area contributed by atoms with E-state index >= 15 is 0 Å². The van der Waals surface area contributed by atoms with Gasteiger partial charge in [0.1, 0.15) is 11.5 Å². The third-order valence-electron chi connectivity index (χ3n) is 7.28. The molecule has 0 aliphatic rings. The number of fused-ring (bicyclic) bond motifs is 2. The maximum atomic E-state index is 12.4. The zero-order chi connectivity index (χ0) is 35.9. The number of methoxy groups -OCH3 is 2. The number of benzene rings is 4. The van der Waals surface area contributed by atoms with E-state index in [2.05, 4.69) is 15.3 Å². The standard InChI is InChI=1S/C19H18N2O2S.C12H14O2S2.C8H8N2.2CH4/c1-23-16-6-3-13(4-7-16)18(22)12-19(24-2)21-15-5-8-17-14(11-15)9-10-20-17;1-14-10-6-4-9(5-7-10)11(13)8-12(15-2)16-3;9-7-1-2-8-6(5-7)3-4-10-8;;/h3-12,20-21H,1-2H3;4-8H,1-3H3;1-5,10H,9H2;2*1H4/b19-12-;;;;. The van der Waals surface area contributed by atoms with E-state index in [-0.39, 0.29) is 26.4 Å². The molecule has 0 aliphatic carbocycles. The molecule has 0 saturated carbocycles. The maximum absolute atomic E-state index is 12.4. The molecule has 0 amide bonds. The van der Waals surface area contributed by atoms with Gasteiger partial charge in [-0.1, -0.05) is 14.9 Å². The summed E-state index contributed by atoms with van der Waals surface area (Å²) in [6.45, 7) is 0. The summed E-state index contributed by atoms with van der Waals surface area (Å²) >= 11 is 4.66. The molecule has 52 heavy (non-hydrogen) atoms. The van der Waals surface area contributed by atoms with Gasteiger partial charge in [-0.15, -0.1) is 35.3 Å². The molecular weight excluding hydrogens is 709 g/mol. The number of aromatic amines is 2. The lowest BCUT2D eigenvalue weighted by Crippen LogP contribution is -2.01. The van der Waals surface area contributed by atoms with E-state index in [1.165, 1.54) is 17.1 Å². The number of nitrogen functional groups attached to an aromatic ring is 1. The van der Waals surface area contributed by atoms with Crippen LogP contribution < -0.4 is 20.5 Å². The first-order valence-corrected chi connectivity index (χ1v) is 19.0. The van der Waals surface area contributed by atoms with E-state index in [4.69, 9.17) is 15.2 Å². The molecule has 11 heteroatoms. The Morgan fingerprint density at radius 1 is 0.635 bits per heavy atom. The van der Waals surface area contributed by atoms with Crippen LogP contribution in [0.3, 0.4) is 0 Å². The van der Waals surface area contributed by atoms with Crippen molar-refractivity contribution in [2.75, 3.05) is 44.0 Å². The highest BCUT2D eigenvalue weighted by atomic mass is 32.2. The van der Waals surface area contributed by atoms with Crippen LogP contribution in [-0.4, -0.2) is 54.5 Å². The van der Waals surface area contributed by atoms with Gasteiger partial charge in [-0.05, 0) is 116 Å². The summed E-state index contributed by atoms with van der Waals surface area (Å²) in [7, 11) is 3.21. The van der Waals surface area contributed by atoms with Crippen LogP contribution in [0.5, 0.6) is 11.5 Å². The molecule has 0 radical (unpaired) electrons. The fourth-order valence-electron chi connectivity index (χ4n) is 4.60. The van der Waals surface area contributed by atoms with Gasteiger partial charge in [0.15, 0.2) is 11.6 Å². The van der Waals surface area contributed by atoms with Crippen molar-refractivity contribution in [1.29, 1.82) is 0 Å². The predicted octanol–water partition coefficient (Wildman–Crippen LogP) is 11.1. The third-order valence-corrected chi connectivity index (χ3v) is 9.98. The number of hydrogen-bond acceptors (Lipinski definition) is 9. The molecule has 2 aromatic heterocycles. The van der Waals surface area contributed by atoms with Crippen LogP contribution in [-0.2, 0) is 0 Å². The molecule has 0 spiro atoms. The first-order valence-electron chi connectivity index (χ1n) is 15.4. The van der Waals surface area contributed by atoms with Crippen molar-refractivity contribution < 1.29 is 19.1 Å². The van der Waals surface area contributed by atoms with Gasteiger partial charge >= 0.3 is 0 Å². The first kappa shape index (κ1) is 43.2. The zero-order valence-electron chi connectivity index (χ0n) is 28.5. The number of thioether (sulfide) groups is 3. The van der Waals surface area contributed by atoms with E-state index in [1.54, 1.807) is 98.4 Å². The highest BCUT2D eigenvalue weighted by Crippen LogP contribution is 2.25.